The van der Waals surface area contributed by atoms with E-state index >= 15 is 0 Å². The van der Waals surface area contributed by atoms with Gasteiger partial charge in [-0.05, 0) is 69.9 Å². The summed E-state index contributed by atoms with van der Waals surface area (Å²) >= 11 is 1.30. The van der Waals surface area contributed by atoms with E-state index < -0.39 is 56.6 Å². The summed E-state index contributed by atoms with van der Waals surface area (Å²) in [6.07, 6.45) is 4.57. The Balaban J connectivity index is 0.00000484. The van der Waals surface area contributed by atoms with Crippen molar-refractivity contribution in [1.29, 1.82) is 0 Å². The van der Waals surface area contributed by atoms with E-state index in [-0.39, 0.29) is 30.4 Å². The molecule has 7 nitrogen and oxygen atoms in total. The highest BCUT2D eigenvalue weighted by Gasteiger charge is 2.57. The van der Waals surface area contributed by atoms with Crippen molar-refractivity contribution in [2.45, 2.75) is 101 Å². The zero-order valence-electron chi connectivity index (χ0n) is 24.1. The fourth-order valence-corrected chi connectivity index (χ4v) is 9.54. The number of aliphatic carboxylic acids is 1. The maximum atomic E-state index is 14.5. The van der Waals surface area contributed by atoms with Gasteiger partial charge < -0.3 is 9.84 Å². The van der Waals surface area contributed by atoms with Gasteiger partial charge in [0.1, 0.15) is 11.4 Å². The maximum Gasteiger partial charge on any atom is 0.309 e. The predicted molar refractivity (Wildman–Crippen MR) is 164 cm³/mol. The van der Waals surface area contributed by atoms with E-state index in [1.54, 1.807) is 51.1 Å². The Morgan fingerprint density at radius 1 is 1.10 bits per heavy atom. The van der Waals surface area contributed by atoms with Crippen molar-refractivity contribution in [2.24, 2.45) is 11.8 Å². The molecule has 1 aliphatic heterocycles. The first-order valence-corrected chi connectivity index (χ1v) is 16.7. The molecular formula is C32H44FNO6S2. The van der Waals surface area contributed by atoms with Crippen LogP contribution in [0.25, 0.3) is 0 Å². The van der Waals surface area contributed by atoms with Gasteiger partial charge in [0.05, 0.1) is 23.3 Å². The lowest BCUT2D eigenvalue weighted by atomic mass is 9.91. The Hall–Kier alpha value is -2.43. The molecule has 42 heavy (non-hydrogen) atoms. The first-order valence-electron chi connectivity index (χ1n) is 14.2. The highest BCUT2D eigenvalue weighted by Crippen LogP contribution is 2.52. The molecule has 2 aromatic carbocycles. The van der Waals surface area contributed by atoms with Crippen LogP contribution in [-0.4, -0.2) is 52.4 Å². The van der Waals surface area contributed by atoms with Crippen LogP contribution in [0.3, 0.4) is 0 Å². The van der Waals surface area contributed by atoms with Crippen LogP contribution in [0.5, 0.6) is 0 Å². The number of ether oxygens (including phenoxy) is 1. The van der Waals surface area contributed by atoms with Gasteiger partial charge in [0.25, 0.3) is 0 Å². The number of carboxylic acid groups (broad SMARTS) is 1. The molecule has 4 atom stereocenters. The first kappa shape index (κ1) is 34.1. The Labute approximate surface area is 254 Å². The molecule has 1 saturated heterocycles. The smallest absolute Gasteiger partial charge is 0.309 e. The van der Waals surface area contributed by atoms with E-state index in [9.17, 15) is 27.5 Å². The van der Waals surface area contributed by atoms with Crippen LogP contribution < -0.4 is 0 Å². The first-order chi connectivity index (χ1) is 19.3. The van der Waals surface area contributed by atoms with Gasteiger partial charge in [-0.25, -0.2) is 12.8 Å². The normalized spacial score (nSPS) is 23.5. The van der Waals surface area contributed by atoms with Gasteiger partial charge in [-0.3, -0.25) is 9.59 Å². The molecule has 2 aromatic rings. The molecule has 1 aliphatic carbocycles. The summed E-state index contributed by atoms with van der Waals surface area (Å²) in [4.78, 5) is 25.5. The molecule has 2 aliphatic rings. The number of thioether (sulfide) groups is 1. The van der Waals surface area contributed by atoms with Crippen LogP contribution in [0, 0.1) is 24.6 Å². The average Bonchev–Trinajstić information content (AvgIpc) is 3.50. The molecule has 1 heterocycles. The SMILES string of the molecule is C.Cc1ccc(S(=O)(=O)N2C(c3cccc(F)c3)[C@H](C(=O)O)[C@H](SCCC(=O)OC(C)(C)C)[C@H]2CC2CCCC2)cc1. The van der Waals surface area contributed by atoms with Crippen molar-refractivity contribution in [3.8, 4) is 0 Å². The number of sulfonamides is 1. The molecule has 0 aromatic heterocycles. The molecule has 2 fully saturated rings. The summed E-state index contributed by atoms with van der Waals surface area (Å²) in [7, 11) is -4.18. The maximum absolute atomic E-state index is 14.5. The molecule has 4 rings (SSSR count). The molecule has 1 unspecified atom stereocenters. The van der Waals surface area contributed by atoms with Gasteiger partial charge in [0.2, 0.25) is 10.0 Å². The van der Waals surface area contributed by atoms with Crippen LogP contribution in [0.4, 0.5) is 4.39 Å². The molecule has 1 saturated carbocycles. The van der Waals surface area contributed by atoms with Crippen LogP contribution in [0.1, 0.15) is 83.9 Å². The van der Waals surface area contributed by atoms with E-state index in [2.05, 4.69) is 0 Å². The fourth-order valence-electron chi connectivity index (χ4n) is 6.12. The molecule has 0 spiro atoms. The lowest BCUT2D eigenvalue weighted by molar-refractivity contribution is -0.154. The largest absolute Gasteiger partial charge is 0.481 e. The Bertz CT molecular complexity index is 1340. The average molecular weight is 622 g/mol. The van der Waals surface area contributed by atoms with Gasteiger partial charge >= 0.3 is 11.9 Å². The number of aryl methyl sites for hydroxylation is 1. The number of esters is 1. The van der Waals surface area contributed by atoms with Gasteiger partial charge in [0, 0.05) is 17.0 Å². The van der Waals surface area contributed by atoms with Crippen molar-refractivity contribution in [1.82, 2.24) is 4.31 Å². The Morgan fingerprint density at radius 3 is 2.31 bits per heavy atom. The van der Waals surface area contributed by atoms with Crippen LogP contribution in [0.2, 0.25) is 0 Å². The zero-order chi connectivity index (χ0) is 29.9. The minimum absolute atomic E-state index is 0. The van der Waals surface area contributed by atoms with Crippen LogP contribution in [-0.2, 0) is 24.3 Å². The Morgan fingerprint density at radius 2 is 1.74 bits per heavy atom. The van der Waals surface area contributed by atoms with E-state index in [1.807, 2.05) is 6.92 Å². The summed E-state index contributed by atoms with van der Waals surface area (Å²) in [5, 5.41) is 9.95. The van der Waals surface area contributed by atoms with Gasteiger partial charge in [0.15, 0.2) is 0 Å². The van der Waals surface area contributed by atoms with Crippen molar-refractivity contribution in [3.05, 3.63) is 65.5 Å². The summed E-state index contributed by atoms with van der Waals surface area (Å²) in [5.41, 5.74) is 0.554. The van der Waals surface area contributed by atoms with Crippen molar-refractivity contribution in [3.63, 3.8) is 0 Å². The second-order valence-corrected chi connectivity index (χ2v) is 15.3. The number of nitrogens with zero attached hydrogens (tertiary/aromatic N) is 1. The molecule has 1 N–H and O–H groups in total. The molecular weight excluding hydrogens is 577 g/mol. The number of carbonyl (C=O) groups excluding carboxylic acids is 1. The third kappa shape index (κ3) is 7.94. The van der Waals surface area contributed by atoms with Crippen molar-refractivity contribution in [2.75, 3.05) is 5.75 Å². The van der Waals surface area contributed by atoms with Crippen LogP contribution in [0.15, 0.2) is 53.4 Å². The predicted octanol–water partition coefficient (Wildman–Crippen LogP) is 7.00. The summed E-state index contributed by atoms with van der Waals surface area (Å²) in [5.74, 6) is -2.72. The highest BCUT2D eigenvalue weighted by atomic mass is 32.2. The van der Waals surface area contributed by atoms with Gasteiger partial charge in [-0.1, -0.05) is 62.9 Å². The Kier molecular flexibility index (Phi) is 11.3. The highest BCUT2D eigenvalue weighted by molar-refractivity contribution is 8.00. The monoisotopic (exact) mass is 621 g/mol. The quantitative estimate of drug-likeness (QED) is 0.285. The van der Waals surface area contributed by atoms with E-state index in [0.717, 1.165) is 31.2 Å². The van der Waals surface area contributed by atoms with Gasteiger partial charge in [-0.15, -0.1) is 0 Å². The number of hydrogen-bond acceptors (Lipinski definition) is 6. The van der Waals surface area contributed by atoms with E-state index in [0.29, 0.717) is 12.0 Å². The van der Waals surface area contributed by atoms with Gasteiger partial charge in [-0.2, -0.15) is 16.1 Å². The minimum Gasteiger partial charge on any atom is -0.481 e. The third-order valence-electron chi connectivity index (χ3n) is 7.83. The topological polar surface area (TPSA) is 101 Å². The second-order valence-electron chi connectivity index (χ2n) is 12.1. The number of halogens is 1. The zero-order valence-corrected chi connectivity index (χ0v) is 25.7. The standard InChI is InChI=1S/C31H40FNO6S2.CH4/c1-20-12-14-24(15-13-20)41(37,38)33-25(18-21-8-5-6-9-21)29(40-17-16-26(34)39-31(2,3)4)27(30(35)36)28(33)22-10-7-11-23(32)19-22;/h7,10-15,19,21,25,27-29H,5-6,8-9,16-18H2,1-4H3,(H,35,36);1H4/t25-,27+,28?,29-;/m1./s1. The minimum atomic E-state index is -4.18. The third-order valence-corrected chi connectivity index (χ3v) is 11.2. The lowest BCUT2D eigenvalue weighted by Gasteiger charge is -2.32. The molecule has 10 heteroatoms. The lowest BCUT2D eigenvalue weighted by Crippen LogP contribution is -2.41. The number of hydrogen-bond donors (Lipinski definition) is 1. The van der Waals surface area contributed by atoms with Crippen molar-refractivity contribution < 1.29 is 32.2 Å². The number of carbonyl (C=O) groups is 2. The summed E-state index contributed by atoms with van der Waals surface area (Å²) in [6, 6.07) is 10.3. The molecule has 0 amide bonds. The molecule has 232 valence electrons. The number of rotatable bonds is 10. The summed E-state index contributed by atoms with van der Waals surface area (Å²) in [6.45, 7) is 7.21. The molecule has 0 radical (unpaired) electrons. The van der Waals surface area contributed by atoms with Crippen LogP contribution >= 0.6 is 11.8 Å². The summed E-state index contributed by atoms with van der Waals surface area (Å²) < 4.78 is 50.1. The van der Waals surface area contributed by atoms with E-state index in [1.165, 1.54) is 34.3 Å². The molecule has 0 bridgehead atoms. The second kappa shape index (κ2) is 13.9. The number of benzene rings is 2. The number of carboxylic acids is 1. The fraction of sp³-hybridized carbons (Fsp3) is 0.562. The van der Waals surface area contributed by atoms with E-state index in [4.69, 9.17) is 4.74 Å². The van der Waals surface area contributed by atoms with Crippen molar-refractivity contribution >= 4 is 33.7 Å².